The predicted molar refractivity (Wildman–Crippen MR) is 79.0 cm³/mol. The van der Waals surface area contributed by atoms with Gasteiger partial charge in [0.15, 0.2) is 6.26 Å². The minimum Gasteiger partial charge on any atom is -0.466 e. The normalized spacial score (nSPS) is 18.3. The molecule has 0 bridgehead atoms. The van der Waals surface area contributed by atoms with Gasteiger partial charge < -0.3 is 32.9 Å². The van der Waals surface area contributed by atoms with Gasteiger partial charge in [-0.2, -0.15) is 0 Å². The van der Waals surface area contributed by atoms with Crippen LogP contribution >= 0.6 is 18.1 Å². The summed E-state index contributed by atoms with van der Waals surface area (Å²) >= 11 is 5.29. The van der Waals surface area contributed by atoms with Crippen LogP contribution < -0.4 is 5.50 Å². The zero-order valence-electron chi connectivity index (χ0n) is 11.5. The molecule has 1 aliphatic heterocycles. The highest BCUT2D eigenvalue weighted by molar-refractivity contribution is 7.83. The van der Waals surface area contributed by atoms with Crippen molar-refractivity contribution in [1.82, 2.24) is 0 Å². The Hall–Kier alpha value is -2.48. The Morgan fingerprint density at radius 3 is 1.61 bits per heavy atom. The minimum absolute atomic E-state index is 0.376. The lowest BCUT2D eigenvalue weighted by atomic mass is 10.9. The van der Waals surface area contributed by atoms with E-state index in [4.69, 9.17) is 45.2 Å². The average molecular weight is 366 g/mol. The number of rotatable bonds is 2. The highest BCUT2D eigenvalue weighted by atomic mass is 35.7. The first kappa shape index (κ1) is 18.6. The molecule has 0 saturated carbocycles. The van der Waals surface area contributed by atoms with Crippen molar-refractivity contribution in [3.8, 4) is 0 Å². The smallest absolute Gasteiger partial charge is 0.408 e. The maximum Gasteiger partial charge on any atom is 0.408 e. The highest BCUT2D eigenvalue weighted by Crippen LogP contribution is 2.45. The van der Waals surface area contributed by atoms with Crippen LogP contribution in [0.3, 0.4) is 0 Å². The Labute approximate surface area is 136 Å². The van der Waals surface area contributed by atoms with E-state index in [-0.39, 0.29) is 5.95 Å². The Morgan fingerprint density at radius 1 is 0.783 bits per heavy atom. The number of hydrogen-bond acceptors (Lipinski definition) is 8. The highest BCUT2D eigenvalue weighted by Gasteiger charge is 2.16. The van der Waals surface area contributed by atoms with E-state index in [9.17, 15) is 4.57 Å². The largest absolute Gasteiger partial charge is 0.466 e. The SMILES string of the molecule is NP(=O)(Cl)OC1=COC=COC=COC=COC=COC=CO1. The summed E-state index contributed by atoms with van der Waals surface area (Å²) in [5.41, 5.74) is 5.07. The monoisotopic (exact) mass is 365 g/mol. The second kappa shape index (κ2) is 11.1. The topological polar surface area (TPSA) is 108 Å². The van der Waals surface area contributed by atoms with Crippen molar-refractivity contribution in [2.75, 3.05) is 0 Å². The van der Waals surface area contributed by atoms with E-state index in [1.807, 2.05) is 0 Å². The summed E-state index contributed by atoms with van der Waals surface area (Å²) in [5, 5.41) is 0. The molecule has 0 aromatic carbocycles. The van der Waals surface area contributed by atoms with Crippen molar-refractivity contribution in [3.05, 3.63) is 74.8 Å². The lowest BCUT2D eigenvalue weighted by molar-refractivity contribution is 0.163. The van der Waals surface area contributed by atoms with Crippen LogP contribution in [0.15, 0.2) is 74.8 Å². The van der Waals surface area contributed by atoms with E-state index in [0.29, 0.717) is 0 Å². The van der Waals surface area contributed by atoms with Crippen molar-refractivity contribution < 1.29 is 37.5 Å². The first-order chi connectivity index (χ1) is 11.1. The van der Waals surface area contributed by atoms with Gasteiger partial charge in [0.1, 0.15) is 62.6 Å². The molecule has 0 fully saturated rings. The Morgan fingerprint density at radius 2 is 1.17 bits per heavy atom. The van der Waals surface area contributed by atoms with E-state index in [1.54, 1.807) is 0 Å². The van der Waals surface area contributed by atoms with Gasteiger partial charge in [0, 0.05) is 11.2 Å². The molecule has 1 unspecified atom stereocenters. The summed E-state index contributed by atoms with van der Waals surface area (Å²) in [6, 6.07) is 0. The summed E-state index contributed by atoms with van der Waals surface area (Å²) in [5.74, 6) is -0.376. The number of nitrogens with two attached hydrogens (primary N) is 1. The molecular formula is C12H13ClNO8P. The fourth-order valence-electron chi connectivity index (χ4n) is 0.853. The molecule has 0 aliphatic carbocycles. The molecule has 23 heavy (non-hydrogen) atoms. The zero-order chi connectivity index (χ0) is 16.8. The Bertz CT molecular complexity index is 563. The molecule has 126 valence electrons. The van der Waals surface area contributed by atoms with Crippen LogP contribution in [0.4, 0.5) is 0 Å². The molecule has 11 heteroatoms. The van der Waals surface area contributed by atoms with E-state index in [1.165, 1.54) is 43.8 Å². The van der Waals surface area contributed by atoms with Gasteiger partial charge in [-0.1, -0.05) is 0 Å². The maximum atomic E-state index is 11.2. The van der Waals surface area contributed by atoms with Crippen LogP contribution in [-0.4, -0.2) is 0 Å². The van der Waals surface area contributed by atoms with Gasteiger partial charge in [0.2, 0.25) is 0 Å². The molecule has 9 nitrogen and oxygen atoms in total. The number of ether oxygens (including phenoxy) is 6. The van der Waals surface area contributed by atoms with Crippen molar-refractivity contribution in [1.29, 1.82) is 0 Å². The van der Waals surface area contributed by atoms with Crippen LogP contribution in [-0.2, 0) is 37.5 Å². The molecule has 0 aromatic rings. The molecule has 0 radical (unpaired) electrons. The summed E-state index contributed by atoms with van der Waals surface area (Å²) in [6.07, 6.45) is 12.8. The lowest BCUT2D eigenvalue weighted by Crippen LogP contribution is -1.96. The van der Waals surface area contributed by atoms with Crippen molar-refractivity contribution in [2.45, 2.75) is 0 Å². The van der Waals surface area contributed by atoms with Crippen LogP contribution in [0.5, 0.6) is 0 Å². The third-order valence-corrected chi connectivity index (χ3v) is 2.18. The van der Waals surface area contributed by atoms with Crippen LogP contribution in [0.2, 0.25) is 0 Å². The molecule has 2 N–H and O–H groups in total. The second-order valence-corrected chi connectivity index (χ2v) is 5.85. The maximum absolute atomic E-state index is 11.2. The van der Waals surface area contributed by atoms with Gasteiger partial charge in [0.25, 0.3) is 0 Å². The van der Waals surface area contributed by atoms with Gasteiger partial charge in [-0.25, -0.2) is 10.1 Å². The fraction of sp³-hybridized carbons (Fsp3) is 0. The molecule has 0 amide bonds. The number of hydrogen-bond donors (Lipinski definition) is 1. The average Bonchev–Trinajstić information content (AvgIpc) is 2.47. The van der Waals surface area contributed by atoms with Gasteiger partial charge >= 0.3 is 12.8 Å². The molecule has 1 aliphatic rings. The van der Waals surface area contributed by atoms with Crippen LogP contribution in [0, 0.1) is 0 Å². The quantitative estimate of drug-likeness (QED) is 0.734. The standard InChI is InChI=1S/C12H13ClNO8P/c13-23(14,15)22-12-11-20-8-7-18-4-3-16-1-2-17-5-6-19-9-10-21-12/h1-11H,(H2,14,15). The molecule has 0 saturated heterocycles. The van der Waals surface area contributed by atoms with Crippen LogP contribution in [0.1, 0.15) is 0 Å². The number of halogens is 1. The van der Waals surface area contributed by atoms with E-state index < -0.39 is 6.87 Å². The minimum atomic E-state index is -3.85. The van der Waals surface area contributed by atoms with Gasteiger partial charge in [0.05, 0.1) is 0 Å². The summed E-state index contributed by atoms with van der Waals surface area (Å²) in [6.45, 7) is -3.85. The zero-order valence-corrected chi connectivity index (χ0v) is 13.2. The van der Waals surface area contributed by atoms with Crippen molar-refractivity contribution >= 4 is 18.1 Å². The van der Waals surface area contributed by atoms with Crippen molar-refractivity contribution in [3.63, 3.8) is 0 Å². The summed E-state index contributed by atoms with van der Waals surface area (Å²) in [7, 11) is 0. The second-order valence-electron chi connectivity index (χ2n) is 3.21. The molecule has 1 heterocycles. The van der Waals surface area contributed by atoms with E-state index in [2.05, 4.69) is 4.52 Å². The Balaban J connectivity index is 2.69. The molecule has 0 aromatic heterocycles. The van der Waals surface area contributed by atoms with Crippen LogP contribution in [0.25, 0.3) is 0 Å². The van der Waals surface area contributed by atoms with Crippen molar-refractivity contribution in [2.24, 2.45) is 5.50 Å². The van der Waals surface area contributed by atoms with Gasteiger partial charge in [-0.3, -0.25) is 0 Å². The molecule has 1 rings (SSSR count). The summed E-state index contributed by atoms with van der Waals surface area (Å²) < 4.78 is 45.2. The van der Waals surface area contributed by atoms with Gasteiger partial charge in [-0.05, 0) is 0 Å². The summed E-state index contributed by atoms with van der Waals surface area (Å²) in [4.78, 5) is 0. The molecular weight excluding hydrogens is 353 g/mol. The third-order valence-electron chi connectivity index (χ3n) is 1.55. The lowest BCUT2D eigenvalue weighted by Gasteiger charge is -2.09. The molecule has 1 atom stereocenters. The van der Waals surface area contributed by atoms with E-state index >= 15 is 0 Å². The fourth-order valence-corrected chi connectivity index (χ4v) is 1.39. The third kappa shape index (κ3) is 11.8. The molecule has 0 spiro atoms. The predicted octanol–water partition coefficient (Wildman–Crippen LogP) is 3.58. The first-order valence-electron chi connectivity index (χ1n) is 5.75. The first-order valence-corrected chi connectivity index (χ1v) is 8.35. The Kier molecular flexibility index (Phi) is 8.99. The van der Waals surface area contributed by atoms with E-state index in [0.717, 1.165) is 25.0 Å². The van der Waals surface area contributed by atoms with Gasteiger partial charge in [-0.15, -0.1) is 0 Å².